The lowest BCUT2D eigenvalue weighted by molar-refractivity contribution is 0.190. The number of aryl methyl sites for hydroxylation is 1. The van der Waals surface area contributed by atoms with E-state index in [9.17, 15) is 4.39 Å². The van der Waals surface area contributed by atoms with Gasteiger partial charge in [0.25, 0.3) is 0 Å². The van der Waals surface area contributed by atoms with Crippen LogP contribution in [0.25, 0.3) is 11.4 Å². The first kappa shape index (κ1) is 14.2. The predicted molar refractivity (Wildman–Crippen MR) is 77.9 cm³/mol. The molecule has 4 nitrogen and oxygen atoms in total. The van der Waals surface area contributed by atoms with Crippen LogP contribution in [0.5, 0.6) is 0 Å². The molecule has 2 aromatic rings. The Hall–Kier alpha value is -1.75. The lowest BCUT2D eigenvalue weighted by atomic mass is 9.78. The van der Waals surface area contributed by atoms with E-state index in [-0.39, 0.29) is 5.82 Å². The fraction of sp³-hybridized carbons (Fsp3) is 0.500. The molecule has 1 heterocycles. The van der Waals surface area contributed by atoms with Crippen molar-refractivity contribution in [2.24, 2.45) is 11.7 Å². The van der Waals surface area contributed by atoms with Gasteiger partial charge in [-0.2, -0.15) is 4.98 Å². The molecule has 0 radical (unpaired) electrons. The van der Waals surface area contributed by atoms with E-state index in [0.717, 1.165) is 36.8 Å². The van der Waals surface area contributed by atoms with Gasteiger partial charge < -0.3 is 10.3 Å². The molecule has 0 saturated heterocycles. The summed E-state index contributed by atoms with van der Waals surface area (Å²) in [6, 6.07) is 4.54. The van der Waals surface area contributed by atoms with E-state index in [1.54, 1.807) is 6.07 Å². The second kappa shape index (κ2) is 5.22. The topological polar surface area (TPSA) is 64.9 Å². The molecule has 0 spiro atoms. The van der Waals surface area contributed by atoms with E-state index in [1.165, 1.54) is 12.1 Å². The van der Waals surface area contributed by atoms with Gasteiger partial charge in [0.05, 0.1) is 5.54 Å². The molecule has 1 saturated carbocycles. The summed E-state index contributed by atoms with van der Waals surface area (Å²) in [6.07, 6.45) is 3.87. The van der Waals surface area contributed by atoms with E-state index in [1.807, 2.05) is 6.92 Å². The highest BCUT2D eigenvalue weighted by atomic mass is 19.1. The summed E-state index contributed by atoms with van der Waals surface area (Å²) in [5, 5.41) is 4.03. The lowest BCUT2D eigenvalue weighted by Crippen LogP contribution is -2.40. The average Bonchev–Trinajstić information content (AvgIpc) is 2.92. The van der Waals surface area contributed by atoms with Gasteiger partial charge in [-0.05, 0) is 62.3 Å². The number of halogens is 1. The summed E-state index contributed by atoms with van der Waals surface area (Å²) in [5.41, 5.74) is 7.48. The Labute approximate surface area is 123 Å². The van der Waals surface area contributed by atoms with Crippen molar-refractivity contribution in [3.8, 4) is 11.4 Å². The Morgan fingerprint density at radius 1 is 1.33 bits per heavy atom. The van der Waals surface area contributed by atoms with Crippen molar-refractivity contribution in [2.75, 3.05) is 0 Å². The van der Waals surface area contributed by atoms with Crippen LogP contribution in [-0.2, 0) is 5.54 Å². The van der Waals surface area contributed by atoms with Gasteiger partial charge in [-0.1, -0.05) is 12.1 Å². The Balaban J connectivity index is 1.89. The Kier molecular flexibility index (Phi) is 3.53. The van der Waals surface area contributed by atoms with Gasteiger partial charge in [0.1, 0.15) is 5.82 Å². The molecule has 0 amide bonds. The van der Waals surface area contributed by atoms with Gasteiger partial charge in [0, 0.05) is 5.56 Å². The van der Waals surface area contributed by atoms with E-state index in [4.69, 9.17) is 10.3 Å². The molecule has 5 heteroatoms. The number of hydrogen-bond donors (Lipinski definition) is 1. The SMILES string of the molecule is Cc1cc(F)ccc1-c1noc(C2(N)CCC(C)CC2)n1. The normalized spacial score (nSPS) is 26.0. The quantitative estimate of drug-likeness (QED) is 0.918. The maximum Gasteiger partial charge on any atom is 0.247 e. The van der Waals surface area contributed by atoms with Gasteiger partial charge in [-0.25, -0.2) is 4.39 Å². The van der Waals surface area contributed by atoms with Crippen molar-refractivity contribution < 1.29 is 8.91 Å². The van der Waals surface area contributed by atoms with Crippen molar-refractivity contribution in [1.82, 2.24) is 10.1 Å². The number of nitrogens with two attached hydrogens (primary N) is 1. The van der Waals surface area contributed by atoms with E-state index >= 15 is 0 Å². The monoisotopic (exact) mass is 289 g/mol. The summed E-state index contributed by atoms with van der Waals surface area (Å²) in [5.74, 6) is 1.40. The molecule has 0 atom stereocenters. The van der Waals surface area contributed by atoms with Crippen molar-refractivity contribution in [3.63, 3.8) is 0 Å². The largest absolute Gasteiger partial charge is 0.337 e. The molecule has 2 N–H and O–H groups in total. The van der Waals surface area contributed by atoms with Crippen molar-refractivity contribution in [3.05, 3.63) is 35.5 Å². The Morgan fingerprint density at radius 2 is 2.05 bits per heavy atom. The summed E-state index contributed by atoms with van der Waals surface area (Å²) in [4.78, 5) is 4.47. The van der Waals surface area contributed by atoms with Crippen LogP contribution in [0.2, 0.25) is 0 Å². The molecule has 3 rings (SSSR count). The minimum Gasteiger partial charge on any atom is -0.337 e. The van der Waals surface area contributed by atoms with Gasteiger partial charge in [-0.15, -0.1) is 0 Å². The molecule has 0 unspecified atom stereocenters. The fourth-order valence-corrected chi connectivity index (χ4v) is 2.90. The van der Waals surface area contributed by atoms with Crippen LogP contribution in [0, 0.1) is 18.7 Å². The molecule has 0 bridgehead atoms. The maximum atomic E-state index is 13.2. The van der Waals surface area contributed by atoms with Gasteiger partial charge in [0.15, 0.2) is 0 Å². The molecule has 0 aliphatic heterocycles. The first-order valence-electron chi connectivity index (χ1n) is 7.37. The maximum absolute atomic E-state index is 13.2. The third-order valence-corrected chi connectivity index (χ3v) is 4.45. The first-order valence-corrected chi connectivity index (χ1v) is 7.37. The zero-order valence-corrected chi connectivity index (χ0v) is 12.4. The third-order valence-electron chi connectivity index (χ3n) is 4.45. The summed E-state index contributed by atoms with van der Waals surface area (Å²) in [6.45, 7) is 4.07. The van der Waals surface area contributed by atoms with Gasteiger partial charge >= 0.3 is 0 Å². The van der Waals surface area contributed by atoms with Gasteiger partial charge in [0.2, 0.25) is 11.7 Å². The highest BCUT2D eigenvalue weighted by Crippen LogP contribution is 2.37. The van der Waals surface area contributed by atoms with Crippen LogP contribution in [-0.4, -0.2) is 10.1 Å². The summed E-state index contributed by atoms with van der Waals surface area (Å²) >= 11 is 0. The number of benzene rings is 1. The fourth-order valence-electron chi connectivity index (χ4n) is 2.90. The number of aromatic nitrogens is 2. The standard InChI is InChI=1S/C16H20FN3O/c1-10-5-7-16(18,8-6-10)15-19-14(20-21-15)13-4-3-12(17)9-11(13)2/h3-4,9-10H,5-8,18H2,1-2H3. The number of hydrogen-bond acceptors (Lipinski definition) is 4. The number of nitrogens with zero attached hydrogens (tertiary/aromatic N) is 2. The zero-order valence-electron chi connectivity index (χ0n) is 12.4. The van der Waals surface area contributed by atoms with Crippen LogP contribution >= 0.6 is 0 Å². The third kappa shape index (κ3) is 2.70. The zero-order chi connectivity index (χ0) is 15.0. The second-order valence-electron chi connectivity index (χ2n) is 6.22. The van der Waals surface area contributed by atoms with Crippen LogP contribution in [0.15, 0.2) is 22.7 Å². The Bertz CT molecular complexity index is 645. The molecule has 1 fully saturated rings. The first-order chi connectivity index (χ1) is 9.98. The molecule has 1 aromatic heterocycles. The average molecular weight is 289 g/mol. The minimum absolute atomic E-state index is 0.267. The van der Waals surface area contributed by atoms with Crippen LogP contribution in [0.3, 0.4) is 0 Å². The van der Waals surface area contributed by atoms with E-state index in [2.05, 4.69) is 17.1 Å². The highest BCUT2D eigenvalue weighted by molar-refractivity contribution is 5.59. The van der Waals surface area contributed by atoms with Crippen molar-refractivity contribution >= 4 is 0 Å². The van der Waals surface area contributed by atoms with Crippen molar-refractivity contribution in [1.29, 1.82) is 0 Å². The van der Waals surface area contributed by atoms with Gasteiger partial charge in [-0.3, -0.25) is 0 Å². The lowest BCUT2D eigenvalue weighted by Gasteiger charge is -2.32. The Morgan fingerprint density at radius 3 is 2.71 bits per heavy atom. The van der Waals surface area contributed by atoms with E-state index in [0.29, 0.717) is 17.6 Å². The molecular formula is C16H20FN3O. The van der Waals surface area contributed by atoms with Crippen molar-refractivity contribution in [2.45, 2.75) is 45.1 Å². The van der Waals surface area contributed by atoms with Crippen LogP contribution in [0.1, 0.15) is 44.1 Å². The molecule has 1 aromatic carbocycles. The molecule has 21 heavy (non-hydrogen) atoms. The molecule has 112 valence electrons. The minimum atomic E-state index is -0.522. The predicted octanol–water partition coefficient (Wildman–Crippen LogP) is 3.55. The second-order valence-corrected chi connectivity index (χ2v) is 6.22. The van der Waals surface area contributed by atoms with Crippen LogP contribution in [0.4, 0.5) is 4.39 Å². The molecular weight excluding hydrogens is 269 g/mol. The highest BCUT2D eigenvalue weighted by Gasteiger charge is 2.37. The molecule has 1 aliphatic rings. The summed E-state index contributed by atoms with van der Waals surface area (Å²) in [7, 11) is 0. The molecule has 1 aliphatic carbocycles. The van der Waals surface area contributed by atoms with E-state index < -0.39 is 5.54 Å². The van der Waals surface area contributed by atoms with Crippen LogP contribution < -0.4 is 5.73 Å². The summed E-state index contributed by atoms with van der Waals surface area (Å²) < 4.78 is 18.6. The number of rotatable bonds is 2. The smallest absolute Gasteiger partial charge is 0.247 e.